The minimum absolute atomic E-state index is 0.0128. The highest BCUT2D eigenvalue weighted by molar-refractivity contribution is 6.90. The molecule has 3 aliphatic heterocycles. The Labute approximate surface area is 336 Å². The summed E-state index contributed by atoms with van der Waals surface area (Å²) in [5, 5.41) is 2.06. The number of piperazine rings is 1. The minimum atomic E-state index is -2.27. The maximum absolute atomic E-state index is 17.6. The van der Waals surface area contributed by atoms with E-state index >= 15 is 8.78 Å². The molecule has 2 bridgehead atoms. The van der Waals surface area contributed by atoms with Crippen LogP contribution in [-0.2, 0) is 14.2 Å². The van der Waals surface area contributed by atoms with Gasteiger partial charge in [-0.05, 0) is 79.9 Å². The molecule has 3 fully saturated rings. The van der Waals surface area contributed by atoms with Gasteiger partial charge in [0.1, 0.15) is 36.8 Å². The van der Waals surface area contributed by atoms with E-state index in [1.807, 2.05) is 25.7 Å². The fourth-order valence-corrected chi connectivity index (χ4v) is 14.7. The van der Waals surface area contributed by atoms with Crippen LogP contribution in [0.15, 0.2) is 36.5 Å². The lowest BCUT2D eigenvalue weighted by atomic mass is 9.94. The Hall–Kier alpha value is -4.31. The number of ether oxygens (including phenoxy) is 4. The first-order chi connectivity index (χ1) is 27.0. The van der Waals surface area contributed by atoms with Gasteiger partial charge in [0.25, 0.3) is 0 Å². The van der Waals surface area contributed by atoms with Crippen molar-refractivity contribution in [3.63, 3.8) is 0 Å². The van der Waals surface area contributed by atoms with E-state index < -0.39 is 25.3 Å². The number of benzene rings is 2. The zero-order valence-corrected chi connectivity index (χ0v) is 36.0. The van der Waals surface area contributed by atoms with Gasteiger partial charge in [-0.3, -0.25) is 9.88 Å². The van der Waals surface area contributed by atoms with Crippen LogP contribution in [0.2, 0.25) is 16.6 Å². The molecule has 7 rings (SSSR count). The van der Waals surface area contributed by atoms with Gasteiger partial charge >= 0.3 is 6.09 Å². The second-order valence-corrected chi connectivity index (χ2v) is 23.4. The maximum atomic E-state index is 17.6. The lowest BCUT2D eigenvalue weighted by molar-refractivity contribution is 0.00665. The van der Waals surface area contributed by atoms with Crippen LogP contribution in [0.4, 0.5) is 19.4 Å². The number of methoxy groups -OCH3 is 1. The van der Waals surface area contributed by atoms with Crippen molar-refractivity contribution in [3.05, 3.63) is 59.4 Å². The van der Waals surface area contributed by atoms with Crippen LogP contribution in [0, 0.1) is 23.1 Å². The molecule has 9 nitrogen and oxygen atoms in total. The summed E-state index contributed by atoms with van der Waals surface area (Å²) in [6.45, 7) is 21.0. The van der Waals surface area contributed by atoms with Crippen LogP contribution >= 0.6 is 0 Å². The van der Waals surface area contributed by atoms with Crippen LogP contribution in [0.5, 0.6) is 5.75 Å². The monoisotopic (exact) mass is 798 g/mol. The van der Waals surface area contributed by atoms with Gasteiger partial charge in [0, 0.05) is 54.0 Å². The van der Waals surface area contributed by atoms with Crippen molar-refractivity contribution < 1.29 is 32.5 Å². The van der Waals surface area contributed by atoms with Crippen molar-refractivity contribution in [1.82, 2.24) is 14.9 Å². The van der Waals surface area contributed by atoms with Gasteiger partial charge in [-0.2, -0.15) is 0 Å². The van der Waals surface area contributed by atoms with Gasteiger partial charge in [0.2, 0.25) is 0 Å². The molecule has 0 saturated carbocycles. The Morgan fingerprint density at radius 1 is 0.982 bits per heavy atom. The third-order valence-electron chi connectivity index (χ3n) is 12.2. The van der Waals surface area contributed by atoms with Crippen molar-refractivity contribution in [3.8, 4) is 28.5 Å². The number of amides is 1. The number of halogens is 2. The first-order valence-corrected chi connectivity index (χ1v) is 22.5. The summed E-state index contributed by atoms with van der Waals surface area (Å²) >= 11 is 0. The van der Waals surface area contributed by atoms with Crippen LogP contribution < -0.4 is 9.64 Å². The van der Waals surface area contributed by atoms with E-state index in [0.29, 0.717) is 81.6 Å². The van der Waals surface area contributed by atoms with Crippen molar-refractivity contribution in [2.75, 3.05) is 45.1 Å². The van der Waals surface area contributed by atoms with Crippen molar-refractivity contribution >= 4 is 41.5 Å². The normalized spacial score (nSPS) is 18.8. The lowest BCUT2D eigenvalue weighted by Gasteiger charge is -2.42. The predicted octanol–water partition coefficient (Wildman–Crippen LogP) is 9.98. The molecule has 304 valence electrons. The third kappa shape index (κ3) is 7.59. The van der Waals surface area contributed by atoms with Gasteiger partial charge in [0.05, 0.1) is 36.6 Å². The van der Waals surface area contributed by atoms with E-state index in [1.165, 1.54) is 13.2 Å². The summed E-state index contributed by atoms with van der Waals surface area (Å²) in [4.78, 5) is 27.3. The summed E-state index contributed by atoms with van der Waals surface area (Å²) in [7, 11) is -0.737. The quantitative estimate of drug-likeness (QED) is 0.0940. The molecule has 2 atom stereocenters. The molecule has 3 saturated heterocycles. The van der Waals surface area contributed by atoms with Crippen LogP contribution in [-0.4, -0.2) is 86.9 Å². The number of rotatable bonds is 9. The Morgan fingerprint density at radius 3 is 2.23 bits per heavy atom. The highest BCUT2D eigenvalue weighted by atomic mass is 28.3. The number of hydrogen-bond donors (Lipinski definition) is 0. The molecule has 0 spiro atoms. The fourth-order valence-electron chi connectivity index (χ4n) is 9.45. The molecular weight excluding hydrogens is 743 g/mol. The summed E-state index contributed by atoms with van der Waals surface area (Å²) in [6.07, 6.45) is 3.06. The topological polar surface area (TPSA) is 86.3 Å². The summed E-state index contributed by atoms with van der Waals surface area (Å²) < 4.78 is 56.3. The molecule has 2 aromatic carbocycles. The number of hydrogen-bond acceptors (Lipinski definition) is 8. The van der Waals surface area contributed by atoms with Gasteiger partial charge in [-0.25, -0.2) is 18.6 Å². The maximum Gasteiger partial charge on any atom is 0.410 e. The Morgan fingerprint density at radius 2 is 1.65 bits per heavy atom. The molecule has 57 heavy (non-hydrogen) atoms. The average molecular weight is 799 g/mol. The van der Waals surface area contributed by atoms with Gasteiger partial charge in [-0.15, -0.1) is 5.54 Å². The SMILES string of the molecule is COCOc1cc(-c2ncc3c(N4CC5CCC(C4)N5C(=O)OC(C)(C)C)nc(C4COC4)cc3c2F)c2c(C#C[Si](C(C)C)(C(C)C)C(C)C)c(F)ccc2c1. The molecule has 2 aromatic heterocycles. The largest absolute Gasteiger partial charge is 0.468 e. The van der Waals surface area contributed by atoms with Crippen molar-refractivity contribution in [2.45, 2.75) is 115 Å². The van der Waals surface area contributed by atoms with E-state index in [9.17, 15) is 4.79 Å². The molecule has 12 heteroatoms. The molecule has 3 aliphatic rings. The zero-order chi connectivity index (χ0) is 41.0. The molecule has 0 aliphatic carbocycles. The minimum Gasteiger partial charge on any atom is -0.468 e. The first-order valence-electron chi connectivity index (χ1n) is 20.3. The summed E-state index contributed by atoms with van der Waals surface area (Å²) in [5.74, 6) is 3.41. The number of aromatic nitrogens is 2. The van der Waals surface area contributed by atoms with E-state index in [0.717, 1.165) is 18.5 Å². The number of carbonyl (C=O) groups is 1. The zero-order valence-electron chi connectivity index (χ0n) is 35.0. The van der Waals surface area contributed by atoms with E-state index in [2.05, 4.69) is 57.9 Å². The number of pyridine rings is 2. The number of anilines is 1. The third-order valence-corrected chi connectivity index (χ3v) is 18.5. The Bertz CT molecular complexity index is 2210. The molecule has 0 radical (unpaired) electrons. The molecular formula is C45H56F2N4O5Si. The van der Waals surface area contributed by atoms with Crippen molar-refractivity contribution in [2.24, 2.45) is 0 Å². The van der Waals surface area contributed by atoms with Gasteiger partial charge in [-0.1, -0.05) is 53.5 Å². The molecule has 2 unspecified atom stereocenters. The number of fused-ring (bicyclic) bond motifs is 4. The van der Waals surface area contributed by atoms with Gasteiger partial charge in [0.15, 0.2) is 12.6 Å². The first kappa shape index (κ1) is 40.9. The number of carbonyl (C=O) groups excluding carboxylic acids is 1. The predicted molar refractivity (Wildman–Crippen MR) is 223 cm³/mol. The lowest BCUT2D eigenvalue weighted by Crippen LogP contribution is -2.57. The van der Waals surface area contributed by atoms with E-state index in [-0.39, 0.29) is 42.1 Å². The number of nitrogens with zero attached hydrogens (tertiary/aromatic N) is 4. The Balaban J connectivity index is 1.40. The van der Waals surface area contributed by atoms with E-state index in [1.54, 1.807) is 30.5 Å². The molecule has 1 amide bonds. The fraction of sp³-hybridized carbons (Fsp3) is 0.533. The van der Waals surface area contributed by atoms with Crippen LogP contribution in [0.25, 0.3) is 32.8 Å². The standard InChI is InChI=1S/C45H56F2N4O5Si/c1-26(2)57(27(3)4,28(5)6)16-15-34-38(46)14-11-29-17-33(55-25-53-10)18-36(40(29)34)42-41(47)35-19-39(30-23-54-24-30)49-43(37(35)20-48-42)50-21-31-12-13-32(22-50)51(31)44(52)56-45(7,8)9/h11,14,17-20,26-28,30-32H,12-13,21-25H2,1-10H3. The van der Waals surface area contributed by atoms with Crippen LogP contribution in [0.3, 0.4) is 0 Å². The van der Waals surface area contributed by atoms with Crippen molar-refractivity contribution in [1.29, 1.82) is 0 Å². The van der Waals surface area contributed by atoms with Crippen LogP contribution in [0.1, 0.15) is 92.3 Å². The summed E-state index contributed by atoms with van der Waals surface area (Å²) in [6, 6.07) is 8.28. The summed E-state index contributed by atoms with van der Waals surface area (Å²) in [5.41, 5.74) is 5.50. The second kappa shape index (κ2) is 15.8. The second-order valence-electron chi connectivity index (χ2n) is 17.9. The highest BCUT2D eigenvalue weighted by Gasteiger charge is 2.45. The average Bonchev–Trinajstić information content (AvgIpc) is 3.39. The smallest absolute Gasteiger partial charge is 0.410 e. The molecule has 4 aromatic rings. The highest BCUT2D eigenvalue weighted by Crippen LogP contribution is 2.44. The Kier molecular flexibility index (Phi) is 11.3. The van der Waals surface area contributed by atoms with E-state index in [4.69, 9.17) is 28.9 Å². The molecule has 5 heterocycles. The van der Waals surface area contributed by atoms with Gasteiger partial charge < -0.3 is 23.8 Å². The molecule has 0 N–H and O–H groups in total.